The Hall–Kier alpha value is -1.61. The van der Waals surface area contributed by atoms with Gasteiger partial charge in [0.15, 0.2) is 0 Å². The van der Waals surface area contributed by atoms with E-state index in [9.17, 15) is 4.79 Å². The molecule has 2 aromatic carbocycles. The number of aryl methyl sites for hydroxylation is 1. The number of amides is 1. The first-order valence-electron chi connectivity index (χ1n) is 10.8. The third-order valence-electron chi connectivity index (χ3n) is 6.24. The van der Waals surface area contributed by atoms with Gasteiger partial charge in [-0.15, -0.1) is 0 Å². The number of ether oxygens (including phenoxy) is 2. The fourth-order valence-corrected chi connectivity index (χ4v) is 4.74. The van der Waals surface area contributed by atoms with Crippen LogP contribution in [0.4, 0.5) is 5.69 Å². The molecule has 1 amide bonds. The molecule has 2 heterocycles. The highest BCUT2D eigenvalue weighted by Gasteiger charge is 2.30. The Labute approximate surface area is 212 Å². The van der Waals surface area contributed by atoms with E-state index in [-0.39, 0.29) is 36.5 Å². The van der Waals surface area contributed by atoms with Crippen LogP contribution in [0.3, 0.4) is 0 Å². The van der Waals surface area contributed by atoms with Crippen molar-refractivity contribution in [3.8, 4) is 5.75 Å². The SMILES string of the molecule is Cc1cc(Cl)cc2c1OCC(C(=O)Nc1ccc(C[N+](C)(C)C3CCOCC3)cc1)=C2.[I-]. The molecule has 0 aromatic heterocycles. The Balaban J connectivity index is 0.00000289. The van der Waals surface area contributed by atoms with Crippen molar-refractivity contribution >= 4 is 29.3 Å². The Morgan fingerprint density at radius 2 is 1.84 bits per heavy atom. The topological polar surface area (TPSA) is 47.6 Å². The van der Waals surface area contributed by atoms with Crippen LogP contribution >= 0.6 is 11.6 Å². The average molecular weight is 569 g/mol. The molecule has 2 aliphatic heterocycles. The number of carbonyl (C=O) groups is 1. The predicted octanol–water partition coefficient (Wildman–Crippen LogP) is 1.82. The summed E-state index contributed by atoms with van der Waals surface area (Å²) in [5.41, 5.74) is 4.42. The van der Waals surface area contributed by atoms with Gasteiger partial charge in [-0.25, -0.2) is 0 Å². The Kier molecular flexibility index (Phi) is 8.25. The predicted molar refractivity (Wildman–Crippen MR) is 124 cm³/mol. The molecule has 0 spiro atoms. The first-order chi connectivity index (χ1) is 14.8. The maximum Gasteiger partial charge on any atom is 0.255 e. The van der Waals surface area contributed by atoms with E-state index in [0.717, 1.165) is 59.6 Å². The fourth-order valence-electron chi connectivity index (χ4n) is 4.46. The summed E-state index contributed by atoms with van der Waals surface area (Å²) in [7, 11) is 4.57. The number of nitrogens with zero attached hydrogens (tertiary/aromatic N) is 1. The van der Waals surface area contributed by atoms with Gasteiger partial charge >= 0.3 is 0 Å². The minimum Gasteiger partial charge on any atom is -1.00 e. The number of fused-ring (bicyclic) bond motifs is 1. The lowest BCUT2D eigenvalue weighted by Gasteiger charge is -2.40. The zero-order valence-electron chi connectivity index (χ0n) is 18.8. The van der Waals surface area contributed by atoms with Crippen LogP contribution in [0, 0.1) is 6.92 Å². The second-order valence-electron chi connectivity index (χ2n) is 9.03. The van der Waals surface area contributed by atoms with E-state index in [4.69, 9.17) is 21.1 Å². The third kappa shape index (κ3) is 5.84. The summed E-state index contributed by atoms with van der Waals surface area (Å²) >= 11 is 6.16. The van der Waals surface area contributed by atoms with E-state index in [0.29, 0.717) is 16.6 Å². The van der Waals surface area contributed by atoms with Crippen LogP contribution in [0.25, 0.3) is 6.08 Å². The first-order valence-corrected chi connectivity index (χ1v) is 11.1. The van der Waals surface area contributed by atoms with Gasteiger partial charge in [-0.1, -0.05) is 23.7 Å². The molecule has 2 aliphatic rings. The van der Waals surface area contributed by atoms with E-state index in [2.05, 4.69) is 31.5 Å². The number of anilines is 1. The summed E-state index contributed by atoms with van der Waals surface area (Å²) < 4.78 is 12.3. The maximum atomic E-state index is 12.8. The number of hydrogen-bond acceptors (Lipinski definition) is 3. The molecule has 0 aliphatic carbocycles. The molecule has 7 heteroatoms. The highest BCUT2D eigenvalue weighted by Crippen LogP contribution is 2.33. The van der Waals surface area contributed by atoms with Crippen molar-refractivity contribution in [2.75, 3.05) is 39.2 Å². The molecule has 0 radical (unpaired) electrons. The van der Waals surface area contributed by atoms with Crippen molar-refractivity contribution in [3.05, 3.63) is 63.7 Å². The normalized spacial score (nSPS) is 16.3. The van der Waals surface area contributed by atoms with Gasteiger partial charge in [0.2, 0.25) is 0 Å². The molecule has 1 N–H and O–H groups in total. The van der Waals surface area contributed by atoms with Gasteiger partial charge in [0.05, 0.1) is 38.9 Å². The lowest BCUT2D eigenvalue weighted by atomic mass is 10.0. The molecule has 0 atom stereocenters. The van der Waals surface area contributed by atoms with Crippen molar-refractivity contribution in [1.29, 1.82) is 0 Å². The second kappa shape index (κ2) is 10.5. The number of halogens is 2. The molecule has 0 bridgehead atoms. The molecule has 4 rings (SSSR count). The summed E-state index contributed by atoms with van der Waals surface area (Å²) in [6.07, 6.45) is 4.06. The standard InChI is InChI=1S/C25H29ClN2O3.HI/c1-17-12-21(26)14-19-13-20(16-31-24(17)19)25(29)27-22-6-4-18(5-7-22)15-28(2,3)23-8-10-30-11-9-23;/h4-7,12-14,23H,8-11,15-16H2,1-3H3;1H. The lowest BCUT2D eigenvalue weighted by Crippen LogP contribution is -3.00. The highest BCUT2D eigenvalue weighted by molar-refractivity contribution is 6.31. The van der Waals surface area contributed by atoms with Crippen LogP contribution in [0.5, 0.6) is 5.75 Å². The van der Waals surface area contributed by atoms with E-state index in [1.807, 2.05) is 37.3 Å². The van der Waals surface area contributed by atoms with E-state index >= 15 is 0 Å². The third-order valence-corrected chi connectivity index (χ3v) is 6.46. The van der Waals surface area contributed by atoms with Crippen molar-refractivity contribution in [2.45, 2.75) is 32.4 Å². The van der Waals surface area contributed by atoms with Crippen LogP contribution in [0.2, 0.25) is 5.02 Å². The van der Waals surface area contributed by atoms with Crippen molar-refractivity contribution in [2.24, 2.45) is 0 Å². The number of carbonyl (C=O) groups excluding carboxylic acids is 1. The highest BCUT2D eigenvalue weighted by atomic mass is 127. The molecule has 32 heavy (non-hydrogen) atoms. The second-order valence-corrected chi connectivity index (χ2v) is 9.47. The number of rotatable bonds is 5. The number of benzene rings is 2. The van der Waals surface area contributed by atoms with Crippen molar-refractivity contribution in [1.82, 2.24) is 0 Å². The molecule has 1 saturated heterocycles. The van der Waals surface area contributed by atoms with Gasteiger partial charge < -0.3 is 43.3 Å². The molecule has 172 valence electrons. The first kappa shape index (κ1) is 25.0. The van der Waals surface area contributed by atoms with Crippen LogP contribution in [-0.4, -0.2) is 50.3 Å². The fraction of sp³-hybridized carbons (Fsp3) is 0.400. The van der Waals surface area contributed by atoms with Gasteiger partial charge in [0, 0.05) is 34.7 Å². The quantitative estimate of drug-likeness (QED) is 0.442. The molecule has 2 aromatic rings. The minimum absolute atomic E-state index is 0. The zero-order valence-corrected chi connectivity index (χ0v) is 21.7. The largest absolute Gasteiger partial charge is 1.00 e. The Morgan fingerprint density at radius 3 is 2.53 bits per heavy atom. The van der Waals surface area contributed by atoms with Gasteiger partial charge in [-0.3, -0.25) is 4.79 Å². The molecule has 0 saturated carbocycles. The van der Waals surface area contributed by atoms with Gasteiger partial charge in [0.1, 0.15) is 18.9 Å². The maximum absolute atomic E-state index is 12.8. The van der Waals surface area contributed by atoms with E-state index in [1.165, 1.54) is 5.56 Å². The van der Waals surface area contributed by atoms with Crippen molar-refractivity contribution in [3.63, 3.8) is 0 Å². The average Bonchev–Trinajstić information content (AvgIpc) is 2.75. The number of quaternary nitrogens is 1. The molecule has 5 nitrogen and oxygen atoms in total. The van der Waals surface area contributed by atoms with Crippen LogP contribution in [0.15, 0.2) is 42.0 Å². The summed E-state index contributed by atoms with van der Waals surface area (Å²) in [6.45, 7) is 4.86. The molecular weight excluding hydrogens is 539 g/mol. The Bertz CT molecular complexity index is 999. The summed E-state index contributed by atoms with van der Waals surface area (Å²) in [6, 6.07) is 12.4. The summed E-state index contributed by atoms with van der Waals surface area (Å²) in [5.74, 6) is 0.630. The number of nitrogens with one attached hydrogen (secondary N) is 1. The van der Waals surface area contributed by atoms with Crippen molar-refractivity contribution < 1.29 is 42.7 Å². The van der Waals surface area contributed by atoms with Gasteiger partial charge in [-0.05, 0) is 42.8 Å². The smallest absolute Gasteiger partial charge is 0.255 e. The lowest BCUT2D eigenvalue weighted by molar-refractivity contribution is -0.929. The summed E-state index contributed by atoms with van der Waals surface area (Å²) in [4.78, 5) is 12.8. The zero-order chi connectivity index (χ0) is 22.0. The van der Waals surface area contributed by atoms with Crippen LogP contribution < -0.4 is 34.0 Å². The summed E-state index contributed by atoms with van der Waals surface area (Å²) in [5, 5.41) is 3.62. The van der Waals surface area contributed by atoms with Crippen LogP contribution in [0.1, 0.15) is 29.5 Å². The van der Waals surface area contributed by atoms with E-state index < -0.39 is 0 Å². The van der Waals surface area contributed by atoms with Gasteiger partial charge in [0.25, 0.3) is 5.91 Å². The molecule has 1 fully saturated rings. The number of hydrogen-bond donors (Lipinski definition) is 1. The molecule has 0 unspecified atom stereocenters. The monoisotopic (exact) mass is 568 g/mol. The molecular formula is C25H30ClIN2O3. The minimum atomic E-state index is -0.158. The van der Waals surface area contributed by atoms with E-state index in [1.54, 1.807) is 0 Å². The van der Waals surface area contributed by atoms with Gasteiger partial charge in [-0.2, -0.15) is 0 Å². The Morgan fingerprint density at radius 1 is 1.16 bits per heavy atom. The van der Waals surface area contributed by atoms with Crippen LogP contribution in [-0.2, 0) is 16.1 Å².